The summed E-state index contributed by atoms with van der Waals surface area (Å²) in [5, 5.41) is 9.47. The van der Waals surface area contributed by atoms with Crippen molar-refractivity contribution in [1.29, 1.82) is 0 Å². The van der Waals surface area contributed by atoms with Crippen LogP contribution in [-0.2, 0) is 0 Å². The van der Waals surface area contributed by atoms with Crippen LogP contribution in [-0.4, -0.2) is 33.4 Å². The van der Waals surface area contributed by atoms with Crippen LogP contribution >= 0.6 is 21.0 Å². The van der Waals surface area contributed by atoms with Gasteiger partial charge in [0.1, 0.15) is 11.2 Å². The van der Waals surface area contributed by atoms with Gasteiger partial charge in [0.15, 0.2) is 11.2 Å². The molecule has 15 aromatic rings. The van der Waals surface area contributed by atoms with Crippen LogP contribution in [0, 0.1) is 0 Å². The van der Waals surface area contributed by atoms with Crippen LogP contribution in [0.15, 0.2) is 261 Å². The molecule has 2 atom stereocenters. The van der Waals surface area contributed by atoms with E-state index in [0.717, 1.165) is 71.2 Å². The second-order valence-electron chi connectivity index (χ2n) is 19.5. The molecule has 0 bridgehead atoms. The normalized spacial score (nSPS) is 12.6. The van der Waals surface area contributed by atoms with E-state index in [1.165, 1.54) is 70.9 Å². The monoisotopic (exact) mass is 1010 g/mol. The van der Waals surface area contributed by atoms with Crippen LogP contribution in [0.1, 0.15) is 0 Å². The Kier molecular flexibility index (Phi) is 11.1. The fourth-order valence-corrected chi connectivity index (χ4v) is 13.0. The Morgan fingerprint density at radius 2 is 0.592 bits per heavy atom. The Morgan fingerprint density at radius 3 is 0.987 bits per heavy atom. The second-order valence-corrected chi connectivity index (χ2v) is 23.0. The minimum Gasteiger partial charge on any atom is -0.453 e. The third-order valence-electron chi connectivity index (χ3n) is 14.9. The maximum absolute atomic E-state index is 6.73. The summed E-state index contributed by atoms with van der Waals surface area (Å²) < 4.78 is 18.1. The van der Waals surface area contributed by atoms with Crippen molar-refractivity contribution >= 4 is 120 Å². The van der Waals surface area contributed by atoms with Gasteiger partial charge in [-0.3, -0.25) is 0 Å². The van der Waals surface area contributed by atoms with Gasteiger partial charge in [0.2, 0.25) is 0 Å². The van der Waals surface area contributed by atoms with Gasteiger partial charge in [-0.1, -0.05) is 188 Å². The smallest absolute Gasteiger partial charge is 0.159 e. The first-order chi connectivity index (χ1) is 37.4. The third kappa shape index (κ3) is 7.47. The van der Waals surface area contributed by atoms with Crippen LogP contribution < -0.4 is 0 Å². The van der Waals surface area contributed by atoms with Crippen LogP contribution in [0.4, 0.5) is 0 Å². The minimum atomic E-state index is -0.160. The number of furan rings is 2. The van der Waals surface area contributed by atoms with E-state index >= 15 is 0 Å². The first-order valence-electron chi connectivity index (χ1n) is 25.5. The standard InChI is InChI=1S/C38H27NOS.C32H23NOS/c1-41(2)36-18-10-16-30-29-15-9-17-35(37(29)40-38(30)36)39-33-21-19-27(25-11-5-3-6-12-25)23-31(33)32-24-28(20-22-34(32)39)26-13-7-4-8-14-26;1-35(2)30-17-9-14-25-24-13-8-16-29(31(24)34-32(25)30)33-27-15-7-6-12-23(27)26-20-22(18-19-28(26)33)21-10-4-3-5-11-21/h3-24H,1H2,2H3;3-20H,1H2,2H3. The number of aromatic nitrogens is 2. The van der Waals surface area contributed by atoms with E-state index in [1.54, 1.807) is 0 Å². The molecule has 6 heteroatoms. The number of benzene rings is 11. The molecule has 4 nitrogen and oxygen atoms in total. The Labute approximate surface area is 445 Å². The van der Waals surface area contributed by atoms with Crippen LogP contribution in [0.25, 0.3) is 132 Å². The van der Waals surface area contributed by atoms with Gasteiger partial charge in [0.05, 0.1) is 33.4 Å². The first kappa shape index (κ1) is 45.7. The summed E-state index contributed by atoms with van der Waals surface area (Å²) >= 11 is 0. The largest absolute Gasteiger partial charge is 0.453 e. The van der Waals surface area contributed by atoms with Crippen molar-refractivity contribution in [2.75, 3.05) is 12.5 Å². The van der Waals surface area contributed by atoms with Gasteiger partial charge in [0.25, 0.3) is 0 Å². The summed E-state index contributed by atoms with van der Waals surface area (Å²) in [4.78, 5) is 2.33. The Balaban J connectivity index is 0.000000141. The van der Waals surface area contributed by atoms with Crippen molar-refractivity contribution in [1.82, 2.24) is 9.13 Å². The molecule has 0 N–H and O–H groups in total. The molecule has 0 aliphatic carbocycles. The number of fused-ring (bicyclic) bond motifs is 12. The highest BCUT2D eigenvalue weighted by molar-refractivity contribution is 8.14. The molecule has 0 amide bonds. The zero-order valence-corrected chi connectivity index (χ0v) is 43.7. The number of hydrogen-bond acceptors (Lipinski definition) is 2. The molecule has 0 saturated carbocycles. The topological polar surface area (TPSA) is 36.1 Å². The first-order valence-corrected chi connectivity index (χ1v) is 29.1. The molecule has 0 radical (unpaired) electrons. The van der Waals surface area contributed by atoms with Gasteiger partial charge < -0.3 is 18.0 Å². The van der Waals surface area contributed by atoms with Crippen LogP contribution in [0.3, 0.4) is 0 Å². The van der Waals surface area contributed by atoms with Gasteiger partial charge in [-0.25, -0.2) is 0 Å². The summed E-state index contributed by atoms with van der Waals surface area (Å²) in [5.41, 5.74) is 17.8. The average Bonchev–Trinajstić information content (AvgIpc) is 4.37. The lowest BCUT2D eigenvalue weighted by molar-refractivity contribution is 0.657. The highest BCUT2D eigenvalue weighted by Gasteiger charge is 2.22. The SMILES string of the molecule is C=S(C)c1cccc2c1oc1c(-n3c4ccc(-c5ccccc5)cc4c4cc(-c5ccccc5)ccc43)cccc12.C=S(C)c1cccc2c1oc1c(-n3c4ccccc4c4cc(-c5ccccc5)ccc43)cccc12. The number of para-hydroxylation sites is 5. The van der Waals surface area contributed by atoms with E-state index in [4.69, 9.17) is 8.83 Å². The van der Waals surface area contributed by atoms with Crippen molar-refractivity contribution in [2.45, 2.75) is 9.79 Å². The Bertz CT molecular complexity index is 4710. The van der Waals surface area contributed by atoms with Crippen molar-refractivity contribution < 1.29 is 8.83 Å². The minimum absolute atomic E-state index is 0.140. The number of rotatable bonds is 7. The predicted octanol–water partition coefficient (Wildman–Crippen LogP) is 19.7. The van der Waals surface area contributed by atoms with Crippen molar-refractivity contribution in [3.05, 3.63) is 243 Å². The van der Waals surface area contributed by atoms with E-state index < -0.39 is 0 Å². The molecule has 76 heavy (non-hydrogen) atoms. The molecule has 0 aliphatic heterocycles. The summed E-state index contributed by atoms with van der Waals surface area (Å²) in [5.74, 6) is 8.59. The average molecular weight is 1020 g/mol. The van der Waals surface area contributed by atoms with E-state index in [-0.39, 0.29) is 21.0 Å². The molecule has 4 aromatic heterocycles. The molecular formula is C70H50N2O2S2. The zero-order valence-electron chi connectivity index (χ0n) is 42.0. The zero-order chi connectivity index (χ0) is 51.0. The highest BCUT2D eigenvalue weighted by Crippen LogP contribution is 2.44. The lowest BCUT2D eigenvalue weighted by Crippen LogP contribution is -1.94. The van der Waals surface area contributed by atoms with Crippen LogP contribution in [0.5, 0.6) is 0 Å². The Hall–Kier alpha value is -8.94. The van der Waals surface area contributed by atoms with Gasteiger partial charge in [0, 0.05) is 52.9 Å². The molecule has 15 rings (SSSR count). The van der Waals surface area contributed by atoms with E-state index in [9.17, 15) is 0 Å². The number of nitrogens with zero attached hydrogens (tertiary/aromatic N) is 2. The maximum Gasteiger partial charge on any atom is 0.159 e. The lowest BCUT2D eigenvalue weighted by atomic mass is 10.0. The summed E-state index contributed by atoms with van der Waals surface area (Å²) in [6, 6.07) is 86.6. The van der Waals surface area contributed by atoms with Crippen molar-refractivity contribution in [3.63, 3.8) is 0 Å². The number of hydrogen-bond donors (Lipinski definition) is 0. The van der Waals surface area contributed by atoms with E-state index in [1.807, 2.05) is 0 Å². The molecule has 0 fully saturated rings. The summed E-state index contributed by atoms with van der Waals surface area (Å²) in [6.07, 6.45) is 4.28. The Morgan fingerprint density at radius 1 is 0.276 bits per heavy atom. The fraction of sp³-hybridized carbons (Fsp3) is 0.0286. The van der Waals surface area contributed by atoms with E-state index in [0.29, 0.717) is 0 Å². The summed E-state index contributed by atoms with van der Waals surface area (Å²) in [7, 11) is -0.300. The van der Waals surface area contributed by atoms with Crippen LogP contribution in [0.2, 0.25) is 0 Å². The molecule has 0 aliphatic rings. The quantitative estimate of drug-likeness (QED) is 0.149. The molecular weight excluding hydrogens is 965 g/mol. The fourth-order valence-electron chi connectivity index (χ4n) is 11.4. The van der Waals surface area contributed by atoms with Gasteiger partial charge in [-0.2, -0.15) is 21.0 Å². The molecule has 364 valence electrons. The molecule has 2 unspecified atom stereocenters. The van der Waals surface area contributed by atoms with Gasteiger partial charge in [-0.15, -0.1) is 0 Å². The summed E-state index contributed by atoms with van der Waals surface area (Å²) in [6.45, 7) is 0. The van der Waals surface area contributed by atoms with Gasteiger partial charge in [-0.05, 0) is 113 Å². The predicted molar refractivity (Wildman–Crippen MR) is 330 cm³/mol. The highest BCUT2D eigenvalue weighted by atomic mass is 32.2. The third-order valence-corrected chi connectivity index (χ3v) is 17.1. The molecule has 11 aromatic carbocycles. The molecule has 0 saturated heterocycles. The maximum atomic E-state index is 6.73. The second kappa shape index (κ2) is 18.5. The molecule has 4 heterocycles. The van der Waals surface area contributed by atoms with E-state index in [2.05, 4.69) is 276 Å². The molecule has 0 spiro atoms. The van der Waals surface area contributed by atoms with Gasteiger partial charge >= 0.3 is 0 Å². The lowest BCUT2D eigenvalue weighted by Gasteiger charge is -2.09. The van der Waals surface area contributed by atoms with Crippen molar-refractivity contribution in [3.8, 4) is 44.8 Å². The van der Waals surface area contributed by atoms with Crippen molar-refractivity contribution in [2.24, 2.45) is 0 Å².